The molecule has 4 rings (SSSR count). The Balaban J connectivity index is 1.61. The highest BCUT2D eigenvalue weighted by Crippen LogP contribution is 2.61. The van der Waals surface area contributed by atoms with Gasteiger partial charge in [-0.25, -0.2) is 4.98 Å². The highest BCUT2D eigenvalue weighted by atomic mass is 16.5. The van der Waals surface area contributed by atoms with E-state index in [9.17, 15) is 0 Å². The third-order valence-corrected chi connectivity index (χ3v) is 5.91. The molecular formula is C19H25N3O2. The molecule has 1 saturated heterocycles. The van der Waals surface area contributed by atoms with Gasteiger partial charge in [-0.3, -0.25) is 4.68 Å². The summed E-state index contributed by atoms with van der Waals surface area (Å²) >= 11 is 0. The number of hydrogen-bond acceptors (Lipinski definition) is 4. The van der Waals surface area contributed by atoms with Crippen molar-refractivity contribution >= 4 is 0 Å². The van der Waals surface area contributed by atoms with E-state index < -0.39 is 0 Å². The number of nitrogens with zero attached hydrogens (tertiary/aromatic N) is 3. The molecule has 0 radical (unpaired) electrons. The summed E-state index contributed by atoms with van der Waals surface area (Å²) in [7, 11) is 0. The normalized spacial score (nSPS) is 31.6. The highest BCUT2D eigenvalue weighted by molar-refractivity contribution is 5.21. The monoisotopic (exact) mass is 327 g/mol. The van der Waals surface area contributed by atoms with E-state index in [0.29, 0.717) is 5.92 Å². The zero-order chi connectivity index (χ0) is 16.5. The minimum atomic E-state index is -0.189. The van der Waals surface area contributed by atoms with Crippen molar-refractivity contribution in [1.82, 2.24) is 14.8 Å². The van der Waals surface area contributed by atoms with Crippen LogP contribution in [0.25, 0.3) is 0 Å². The third kappa shape index (κ3) is 2.47. The van der Waals surface area contributed by atoms with E-state index in [4.69, 9.17) is 9.47 Å². The van der Waals surface area contributed by atoms with Gasteiger partial charge in [-0.05, 0) is 37.7 Å². The van der Waals surface area contributed by atoms with Crippen molar-refractivity contribution in [3.8, 4) is 0 Å². The van der Waals surface area contributed by atoms with Crippen LogP contribution in [0.5, 0.6) is 0 Å². The first-order chi connectivity index (χ1) is 11.8. The fourth-order valence-corrected chi connectivity index (χ4v) is 4.58. The lowest BCUT2D eigenvalue weighted by molar-refractivity contribution is -0.290. The van der Waals surface area contributed by atoms with Crippen LogP contribution in [0.2, 0.25) is 0 Å². The minimum Gasteiger partial charge on any atom is -0.381 e. The van der Waals surface area contributed by atoms with Gasteiger partial charge in [0.15, 0.2) is 0 Å². The molecule has 0 N–H and O–H groups in total. The number of fused-ring (bicyclic) bond motifs is 1. The summed E-state index contributed by atoms with van der Waals surface area (Å²) in [5, 5.41) is 4.33. The molecule has 128 valence electrons. The minimum absolute atomic E-state index is 0.119. The summed E-state index contributed by atoms with van der Waals surface area (Å²) in [6.45, 7) is 5.16. The van der Waals surface area contributed by atoms with Gasteiger partial charge in [-0.1, -0.05) is 30.3 Å². The summed E-state index contributed by atoms with van der Waals surface area (Å²) in [6.07, 6.45) is 6.78. The van der Waals surface area contributed by atoms with Crippen LogP contribution in [0.1, 0.15) is 25.3 Å². The number of rotatable bonds is 7. The maximum Gasteiger partial charge on any atom is 0.137 e. The molecule has 24 heavy (non-hydrogen) atoms. The van der Waals surface area contributed by atoms with Crippen molar-refractivity contribution in [2.45, 2.75) is 38.3 Å². The van der Waals surface area contributed by atoms with Gasteiger partial charge in [0.1, 0.15) is 18.3 Å². The molecule has 0 bridgehead atoms. The van der Waals surface area contributed by atoms with Crippen LogP contribution in [0.3, 0.4) is 0 Å². The summed E-state index contributed by atoms with van der Waals surface area (Å²) in [6, 6.07) is 10.7. The molecule has 1 aliphatic carbocycles. The van der Waals surface area contributed by atoms with E-state index in [-0.39, 0.29) is 11.0 Å². The Bertz CT molecular complexity index is 661. The highest BCUT2D eigenvalue weighted by Gasteiger charge is 2.68. The van der Waals surface area contributed by atoms with E-state index >= 15 is 0 Å². The van der Waals surface area contributed by atoms with Crippen molar-refractivity contribution in [3.63, 3.8) is 0 Å². The predicted octanol–water partition coefficient (Wildman–Crippen LogP) is 2.72. The van der Waals surface area contributed by atoms with Gasteiger partial charge >= 0.3 is 0 Å². The maximum atomic E-state index is 6.33. The van der Waals surface area contributed by atoms with Crippen LogP contribution in [0, 0.1) is 11.3 Å². The Morgan fingerprint density at radius 3 is 2.88 bits per heavy atom. The molecule has 3 atom stereocenters. The van der Waals surface area contributed by atoms with E-state index in [1.54, 1.807) is 12.7 Å². The van der Waals surface area contributed by atoms with Gasteiger partial charge in [-0.15, -0.1) is 0 Å². The first-order valence-electron chi connectivity index (χ1n) is 8.86. The van der Waals surface area contributed by atoms with Crippen molar-refractivity contribution < 1.29 is 9.47 Å². The molecule has 1 aromatic heterocycles. The average Bonchev–Trinajstić information content (AvgIpc) is 3.17. The van der Waals surface area contributed by atoms with Crippen molar-refractivity contribution in [1.29, 1.82) is 0 Å². The molecule has 2 heterocycles. The second kappa shape index (κ2) is 6.30. The van der Waals surface area contributed by atoms with E-state index in [2.05, 4.69) is 47.3 Å². The van der Waals surface area contributed by atoms with Gasteiger partial charge in [0, 0.05) is 12.0 Å². The molecule has 0 spiro atoms. The lowest BCUT2D eigenvalue weighted by Gasteiger charge is -2.57. The molecule has 1 saturated carbocycles. The maximum absolute atomic E-state index is 6.33. The van der Waals surface area contributed by atoms with Crippen molar-refractivity contribution in [2.75, 3.05) is 19.8 Å². The molecule has 2 aromatic rings. The molecular weight excluding hydrogens is 302 g/mol. The smallest absolute Gasteiger partial charge is 0.137 e. The van der Waals surface area contributed by atoms with Crippen LogP contribution < -0.4 is 0 Å². The number of hydrogen-bond donors (Lipinski definition) is 0. The lowest BCUT2D eigenvalue weighted by Crippen LogP contribution is -2.67. The zero-order valence-electron chi connectivity index (χ0n) is 14.2. The Morgan fingerprint density at radius 1 is 1.33 bits per heavy atom. The lowest BCUT2D eigenvalue weighted by atomic mass is 9.66. The topological polar surface area (TPSA) is 49.2 Å². The molecule has 1 aromatic carbocycles. The Labute approximate surface area is 143 Å². The van der Waals surface area contributed by atoms with Crippen LogP contribution in [-0.2, 0) is 22.4 Å². The number of aromatic nitrogens is 3. The fraction of sp³-hybridized carbons (Fsp3) is 0.579. The van der Waals surface area contributed by atoms with E-state index in [0.717, 1.165) is 32.8 Å². The average molecular weight is 327 g/mol. The molecule has 2 aliphatic rings. The number of ether oxygens (including phenoxy) is 2. The predicted molar refractivity (Wildman–Crippen MR) is 90.5 cm³/mol. The third-order valence-electron chi connectivity index (χ3n) is 5.91. The van der Waals surface area contributed by atoms with E-state index in [1.165, 1.54) is 18.4 Å². The van der Waals surface area contributed by atoms with E-state index in [1.807, 2.05) is 4.68 Å². The summed E-state index contributed by atoms with van der Waals surface area (Å²) in [4.78, 5) is 4.10. The quantitative estimate of drug-likeness (QED) is 0.784. The van der Waals surface area contributed by atoms with Gasteiger partial charge in [-0.2, -0.15) is 5.10 Å². The molecule has 3 unspecified atom stereocenters. The molecule has 1 aliphatic heterocycles. The standard InChI is InChI=1S/C19H25N3O2/c1-2-23-12-18-9-8-17(10-16-6-4-3-5-7-16)19(18,24-13-18)11-22-15-20-14-21-22/h3-7,14-15,17H,2,8-13H2,1H3. The van der Waals surface area contributed by atoms with Crippen molar-refractivity contribution in [3.05, 3.63) is 48.5 Å². The zero-order valence-corrected chi connectivity index (χ0v) is 14.2. The van der Waals surface area contributed by atoms with Crippen molar-refractivity contribution in [2.24, 2.45) is 11.3 Å². The van der Waals surface area contributed by atoms with Gasteiger partial charge in [0.05, 0.1) is 19.8 Å². The van der Waals surface area contributed by atoms with Crippen LogP contribution >= 0.6 is 0 Å². The second-order valence-electron chi connectivity index (χ2n) is 7.11. The molecule has 5 nitrogen and oxygen atoms in total. The van der Waals surface area contributed by atoms with Gasteiger partial charge < -0.3 is 9.47 Å². The Hall–Kier alpha value is -1.72. The van der Waals surface area contributed by atoms with Gasteiger partial charge in [0.2, 0.25) is 0 Å². The largest absolute Gasteiger partial charge is 0.381 e. The fourth-order valence-electron chi connectivity index (χ4n) is 4.58. The van der Waals surface area contributed by atoms with Crippen LogP contribution in [0.4, 0.5) is 0 Å². The van der Waals surface area contributed by atoms with Gasteiger partial charge in [0.25, 0.3) is 0 Å². The second-order valence-corrected chi connectivity index (χ2v) is 7.11. The summed E-state index contributed by atoms with van der Waals surface area (Å²) < 4.78 is 14.1. The van der Waals surface area contributed by atoms with Crippen LogP contribution in [-0.4, -0.2) is 40.2 Å². The first kappa shape index (κ1) is 15.8. The Kier molecular flexibility index (Phi) is 4.14. The SMILES string of the molecule is CCOCC12CCC(Cc3ccccc3)C1(Cn1cncn1)OC2. The first-order valence-corrected chi connectivity index (χ1v) is 8.86. The van der Waals surface area contributed by atoms with Crippen LogP contribution in [0.15, 0.2) is 43.0 Å². The summed E-state index contributed by atoms with van der Waals surface area (Å²) in [5.74, 6) is 0.485. The molecule has 2 fully saturated rings. The molecule has 0 amide bonds. The number of benzene rings is 1. The summed E-state index contributed by atoms with van der Waals surface area (Å²) in [5.41, 5.74) is 1.31. The Morgan fingerprint density at radius 2 is 2.21 bits per heavy atom. The molecule has 5 heteroatoms.